The molecule has 10 heteroatoms. The summed E-state index contributed by atoms with van der Waals surface area (Å²) in [6.07, 6.45) is 5.24. The van der Waals surface area contributed by atoms with E-state index in [-0.39, 0.29) is 28.9 Å². The summed E-state index contributed by atoms with van der Waals surface area (Å²) >= 11 is 6.45. The smallest absolute Gasteiger partial charge is 0.277 e. The number of halogens is 2. The van der Waals surface area contributed by atoms with Gasteiger partial charge < -0.3 is 9.84 Å². The first-order valence-electron chi connectivity index (χ1n) is 11.7. The van der Waals surface area contributed by atoms with Gasteiger partial charge in [0, 0.05) is 30.4 Å². The summed E-state index contributed by atoms with van der Waals surface area (Å²) in [5.74, 6) is -0.0823. The molecule has 0 radical (unpaired) electrons. The van der Waals surface area contributed by atoms with Crippen LogP contribution in [0.15, 0.2) is 47.7 Å². The van der Waals surface area contributed by atoms with E-state index < -0.39 is 17.0 Å². The average Bonchev–Trinajstić information content (AvgIpc) is 2.86. The molecule has 0 aliphatic heterocycles. The Morgan fingerprint density at radius 3 is 2.54 bits per heavy atom. The van der Waals surface area contributed by atoms with Crippen molar-refractivity contribution in [1.82, 2.24) is 24.5 Å². The lowest BCUT2D eigenvalue weighted by Crippen LogP contribution is -2.24. The molecule has 0 aliphatic carbocycles. The molecule has 0 fully saturated rings. The lowest BCUT2D eigenvalue weighted by Gasteiger charge is -2.18. The van der Waals surface area contributed by atoms with Crippen molar-refractivity contribution in [3.8, 4) is 22.8 Å². The van der Waals surface area contributed by atoms with E-state index in [1.54, 1.807) is 57.6 Å². The van der Waals surface area contributed by atoms with Gasteiger partial charge in [-0.3, -0.25) is 19.3 Å². The normalized spacial score (nSPS) is 11.6. The standard InChI is InChI=1S/C27H27ClFN5O3/c1-6-17-10-23(37-14-21-18(29)9-15(2)12-31-21)24(28)25(35)34(17)22-11-20(32-13-16(22)3)19-7-8-30-26(33-19)27(4,5)36/h7-13,36H,6,14H2,1-5H3. The number of aryl methyl sites for hydroxylation is 3. The van der Waals surface area contributed by atoms with Gasteiger partial charge in [-0.25, -0.2) is 14.4 Å². The topological polar surface area (TPSA) is 103 Å². The fourth-order valence-corrected chi connectivity index (χ4v) is 3.94. The molecule has 4 aromatic rings. The maximum absolute atomic E-state index is 14.2. The van der Waals surface area contributed by atoms with Gasteiger partial charge in [0.15, 0.2) is 5.82 Å². The van der Waals surface area contributed by atoms with Crippen LogP contribution in [0.2, 0.25) is 5.02 Å². The van der Waals surface area contributed by atoms with E-state index in [0.717, 1.165) is 5.56 Å². The van der Waals surface area contributed by atoms with Crippen LogP contribution in [0.3, 0.4) is 0 Å². The molecule has 4 aromatic heterocycles. The summed E-state index contributed by atoms with van der Waals surface area (Å²) in [5, 5.41) is 10.2. The Kier molecular flexibility index (Phi) is 7.38. The van der Waals surface area contributed by atoms with Crippen molar-refractivity contribution in [1.29, 1.82) is 0 Å². The summed E-state index contributed by atoms with van der Waals surface area (Å²) in [6.45, 7) is 8.51. The minimum Gasteiger partial charge on any atom is -0.485 e. The van der Waals surface area contributed by atoms with Gasteiger partial charge in [-0.15, -0.1) is 0 Å². The zero-order chi connectivity index (χ0) is 26.9. The van der Waals surface area contributed by atoms with Gasteiger partial charge in [-0.05, 0) is 63.4 Å². The van der Waals surface area contributed by atoms with E-state index in [1.807, 2.05) is 13.8 Å². The summed E-state index contributed by atoms with van der Waals surface area (Å²) in [5.41, 5.74) is 2.07. The maximum atomic E-state index is 14.2. The maximum Gasteiger partial charge on any atom is 0.277 e. The number of rotatable bonds is 7. The number of aromatic nitrogens is 5. The summed E-state index contributed by atoms with van der Waals surface area (Å²) < 4.78 is 21.4. The predicted molar refractivity (Wildman–Crippen MR) is 138 cm³/mol. The number of aliphatic hydroxyl groups is 1. The molecule has 0 saturated carbocycles. The molecule has 0 spiro atoms. The molecule has 0 aliphatic rings. The largest absolute Gasteiger partial charge is 0.485 e. The molecule has 0 atom stereocenters. The van der Waals surface area contributed by atoms with E-state index in [2.05, 4.69) is 19.9 Å². The molecular weight excluding hydrogens is 497 g/mol. The van der Waals surface area contributed by atoms with Gasteiger partial charge in [0.25, 0.3) is 5.56 Å². The molecular formula is C27H27ClFN5O3. The minimum absolute atomic E-state index is 0.119. The van der Waals surface area contributed by atoms with Crippen LogP contribution >= 0.6 is 11.6 Å². The number of ether oxygens (including phenoxy) is 1. The number of hydrogen-bond donors (Lipinski definition) is 1. The van der Waals surface area contributed by atoms with Crippen molar-refractivity contribution in [2.75, 3.05) is 0 Å². The van der Waals surface area contributed by atoms with E-state index in [4.69, 9.17) is 16.3 Å². The summed E-state index contributed by atoms with van der Waals surface area (Å²) in [4.78, 5) is 30.6. The first-order chi connectivity index (χ1) is 17.5. The van der Waals surface area contributed by atoms with Crippen LogP contribution in [-0.4, -0.2) is 29.6 Å². The monoisotopic (exact) mass is 523 g/mol. The van der Waals surface area contributed by atoms with Crippen molar-refractivity contribution in [3.63, 3.8) is 0 Å². The van der Waals surface area contributed by atoms with Crippen molar-refractivity contribution < 1.29 is 14.2 Å². The number of hydrogen-bond acceptors (Lipinski definition) is 7. The Labute approximate surface area is 218 Å². The molecule has 0 saturated heterocycles. The van der Waals surface area contributed by atoms with Gasteiger partial charge in [0.1, 0.15) is 34.5 Å². The Morgan fingerprint density at radius 2 is 1.86 bits per heavy atom. The van der Waals surface area contributed by atoms with Crippen molar-refractivity contribution in [2.45, 2.75) is 53.2 Å². The fourth-order valence-electron chi connectivity index (χ4n) is 3.75. The zero-order valence-corrected chi connectivity index (χ0v) is 22.0. The molecule has 37 heavy (non-hydrogen) atoms. The second-order valence-corrected chi connectivity index (χ2v) is 9.60. The molecule has 1 N–H and O–H groups in total. The lowest BCUT2D eigenvalue weighted by molar-refractivity contribution is 0.0688. The highest BCUT2D eigenvalue weighted by Crippen LogP contribution is 2.28. The van der Waals surface area contributed by atoms with Crippen LogP contribution in [-0.2, 0) is 18.6 Å². The van der Waals surface area contributed by atoms with Gasteiger partial charge in [-0.2, -0.15) is 0 Å². The zero-order valence-electron chi connectivity index (χ0n) is 21.2. The highest BCUT2D eigenvalue weighted by atomic mass is 35.5. The fraction of sp³-hybridized carbons (Fsp3) is 0.296. The van der Waals surface area contributed by atoms with Crippen LogP contribution in [0.5, 0.6) is 5.75 Å². The Hall–Kier alpha value is -3.69. The third-order valence-corrected chi connectivity index (χ3v) is 6.10. The van der Waals surface area contributed by atoms with Crippen LogP contribution in [0.1, 0.15) is 49.1 Å². The van der Waals surface area contributed by atoms with Gasteiger partial charge >= 0.3 is 0 Å². The molecule has 0 amide bonds. The van der Waals surface area contributed by atoms with Gasteiger partial charge in [-0.1, -0.05) is 18.5 Å². The molecule has 4 heterocycles. The lowest BCUT2D eigenvalue weighted by atomic mass is 10.1. The van der Waals surface area contributed by atoms with E-state index >= 15 is 0 Å². The summed E-state index contributed by atoms with van der Waals surface area (Å²) in [7, 11) is 0. The summed E-state index contributed by atoms with van der Waals surface area (Å²) in [6, 6.07) is 6.47. The average molecular weight is 524 g/mol. The van der Waals surface area contributed by atoms with Crippen LogP contribution < -0.4 is 10.3 Å². The molecule has 4 rings (SSSR count). The Bertz CT molecular complexity index is 1530. The quantitative estimate of drug-likeness (QED) is 0.369. The second kappa shape index (κ2) is 10.4. The van der Waals surface area contributed by atoms with E-state index in [0.29, 0.717) is 34.8 Å². The number of nitrogens with zero attached hydrogens (tertiary/aromatic N) is 5. The molecule has 0 aromatic carbocycles. The second-order valence-electron chi connectivity index (χ2n) is 9.22. The predicted octanol–water partition coefficient (Wildman–Crippen LogP) is 4.86. The van der Waals surface area contributed by atoms with Crippen molar-refractivity contribution in [3.05, 3.63) is 92.4 Å². The third-order valence-electron chi connectivity index (χ3n) is 5.75. The minimum atomic E-state index is -1.23. The third kappa shape index (κ3) is 5.52. The molecule has 0 bridgehead atoms. The highest BCUT2D eigenvalue weighted by molar-refractivity contribution is 6.31. The number of pyridine rings is 3. The first kappa shape index (κ1) is 26.4. The van der Waals surface area contributed by atoms with Crippen LogP contribution in [0.25, 0.3) is 17.1 Å². The molecule has 0 unspecified atom stereocenters. The van der Waals surface area contributed by atoms with Crippen molar-refractivity contribution >= 4 is 11.6 Å². The Morgan fingerprint density at radius 1 is 1.11 bits per heavy atom. The van der Waals surface area contributed by atoms with Crippen LogP contribution in [0.4, 0.5) is 4.39 Å². The highest BCUT2D eigenvalue weighted by Gasteiger charge is 2.21. The first-order valence-corrected chi connectivity index (χ1v) is 12.1. The van der Waals surface area contributed by atoms with Crippen molar-refractivity contribution in [2.24, 2.45) is 0 Å². The van der Waals surface area contributed by atoms with Gasteiger partial charge in [0.2, 0.25) is 0 Å². The van der Waals surface area contributed by atoms with Gasteiger partial charge in [0.05, 0.1) is 17.1 Å². The SMILES string of the molecule is CCc1cc(OCc2ncc(C)cc2F)c(Cl)c(=O)n1-c1cc(-c2ccnc(C(C)(C)O)n2)ncc1C. The molecule has 192 valence electrons. The van der Waals surface area contributed by atoms with E-state index in [1.165, 1.54) is 10.6 Å². The molecule has 8 nitrogen and oxygen atoms in total. The van der Waals surface area contributed by atoms with E-state index in [9.17, 15) is 14.3 Å². The Balaban J connectivity index is 1.76. The van der Waals surface area contributed by atoms with Crippen LogP contribution in [0, 0.1) is 19.7 Å².